The number of unbranched alkanes of at least 4 members (excludes halogenated alkanes) is 1. The van der Waals surface area contributed by atoms with E-state index in [-0.39, 0.29) is 35.0 Å². The highest BCUT2D eigenvalue weighted by molar-refractivity contribution is 7.91. The number of amides is 1. The van der Waals surface area contributed by atoms with Crippen LogP contribution in [0.5, 0.6) is 5.75 Å². The van der Waals surface area contributed by atoms with Gasteiger partial charge in [-0.15, -0.1) is 11.6 Å². The fraction of sp³-hybridized carbons (Fsp3) is 0.480. The number of carbonyl (C=O) groups excluding carboxylic acids is 1. The number of alkyl halides is 1. The Kier molecular flexibility index (Phi) is 8.43. The highest BCUT2D eigenvalue weighted by Gasteiger charge is 2.42. The lowest BCUT2D eigenvalue weighted by molar-refractivity contribution is -0.118. The van der Waals surface area contributed by atoms with Crippen LogP contribution in [0.3, 0.4) is 0 Å². The van der Waals surface area contributed by atoms with Crippen molar-refractivity contribution in [1.29, 1.82) is 0 Å². The molecule has 0 fully saturated rings. The zero-order chi connectivity index (χ0) is 24.1. The number of halogens is 1. The molecule has 1 aliphatic rings. The fourth-order valence-electron chi connectivity index (χ4n) is 4.50. The van der Waals surface area contributed by atoms with E-state index in [2.05, 4.69) is 17.6 Å². The Labute approximate surface area is 202 Å². The number of hydrogen-bond donors (Lipinski definition) is 2. The molecule has 8 heteroatoms. The quantitative estimate of drug-likeness (QED) is 0.508. The zero-order valence-electron chi connectivity index (χ0n) is 19.5. The molecule has 180 valence electrons. The predicted octanol–water partition coefficient (Wildman–Crippen LogP) is 4.36. The third-order valence-electron chi connectivity index (χ3n) is 6.39. The van der Waals surface area contributed by atoms with Gasteiger partial charge in [-0.3, -0.25) is 10.1 Å². The maximum absolute atomic E-state index is 13.8. The first-order valence-corrected chi connectivity index (χ1v) is 13.6. The predicted molar refractivity (Wildman–Crippen MR) is 132 cm³/mol. The standard InChI is InChI=1S/C25H33ClN2O4S/c1-4-6-12-25(5-2)17-33(30,31)22-13-19(16-27-23(29)15-26)21(32-3)14-20(22)24(28-25)18-10-8-7-9-11-18/h7-11,13-14,24,28H,4-6,12,15-17H2,1-3H3,(H,27,29). The summed E-state index contributed by atoms with van der Waals surface area (Å²) >= 11 is 5.60. The highest BCUT2D eigenvalue weighted by Crippen LogP contribution is 2.40. The minimum absolute atomic E-state index is 0.0205. The summed E-state index contributed by atoms with van der Waals surface area (Å²) in [6, 6.07) is 13.0. The molecule has 33 heavy (non-hydrogen) atoms. The largest absolute Gasteiger partial charge is 0.496 e. The minimum Gasteiger partial charge on any atom is -0.496 e. The summed E-state index contributed by atoms with van der Waals surface area (Å²) in [5.41, 5.74) is 1.71. The van der Waals surface area contributed by atoms with Gasteiger partial charge in [0.25, 0.3) is 0 Å². The van der Waals surface area contributed by atoms with Crippen molar-refractivity contribution in [3.63, 3.8) is 0 Å². The average Bonchev–Trinajstić information content (AvgIpc) is 2.93. The molecule has 0 radical (unpaired) electrons. The number of ether oxygens (including phenoxy) is 1. The SMILES string of the molecule is CCCCC1(CC)CS(=O)(=O)c2cc(CNC(=O)CCl)c(OC)cc2C(c2ccccc2)N1. The Bertz CT molecular complexity index is 1080. The zero-order valence-corrected chi connectivity index (χ0v) is 21.1. The van der Waals surface area contributed by atoms with Gasteiger partial charge in [-0.25, -0.2) is 8.42 Å². The van der Waals surface area contributed by atoms with E-state index in [9.17, 15) is 13.2 Å². The Balaban J connectivity index is 2.20. The first-order chi connectivity index (χ1) is 15.8. The van der Waals surface area contributed by atoms with Crippen LogP contribution >= 0.6 is 11.6 Å². The topological polar surface area (TPSA) is 84.5 Å². The van der Waals surface area contributed by atoms with Gasteiger partial charge in [-0.05, 0) is 36.1 Å². The van der Waals surface area contributed by atoms with Crippen LogP contribution in [0.2, 0.25) is 0 Å². The van der Waals surface area contributed by atoms with Crippen LogP contribution in [0.4, 0.5) is 0 Å². The van der Waals surface area contributed by atoms with Gasteiger partial charge < -0.3 is 10.1 Å². The van der Waals surface area contributed by atoms with Gasteiger partial charge in [0.1, 0.15) is 11.6 Å². The minimum atomic E-state index is -3.62. The van der Waals surface area contributed by atoms with Crippen molar-refractivity contribution in [2.75, 3.05) is 18.7 Å². The van der Waals surface area contributed by atoms with Gasteiger partial charge >= 0.3 is 0 Å². The number of hydrogen-bond acceptors (Lipinski definition) is 5. The van der Waals surface area contributed by atoms with E-state index in [1.54, 1.807) is 19.2 Å². The third kappa shape index (κ3) is 5.70. The second-order valence-corrected chi connectivity index (χ2v) is 10.8. The number of rotatable bonds is 9. The van der Waals surface area contributed by atoms with Gasteiger partial charge in [-0.2, -0.15) is 0 Å². The van der Waals surface area contributed by atoms with Crippen LogP contribution in [0.25, 0.3) is 0 Å². The molecule has 2 unspecified atom stereocenters. The Morgan fingerprint density at radius 1 is 1.24 bits per heavy atom. The summed E-state index contributed by atoms with van der Waals surface area (Å²) < 4.78 is 33.1. The van der Waals surface area contributed by atoms with E-state index in [4.69, 9.17) is 16.3 Å². The van der Waals surface area contributed by atoms with E-state index >= 15 is 0 Å². The molecule has 0 aliphatic carbocycles. The van der Waals surface area contributed by atoms with E-state index in [0.717, 1.165) is 24.8 Å². The molecule has 0 saturated heterocycles. The molecule has 2 aromatic carbocycles. The smallest absolute Gasteiger partial charge is 0.235 e. The molecule has 1 aliphatic heterocycles. The Morgan fingerprint density at radius 2 is 1.97 bits per heavy atom. The molecular weight excluding hydrogens is 460 g/mol. The maximum atomic E-state index is 13.8. The van der Waals surface area contributed by atoms with Crippen molar-refractivity contribution in [1.82, 2.24) is 10.6 Å². The summed E-state index contributed by atoms with van der Waals surface area (Å²) in [4.78, 5) is 12.0. The van der Waals surface area contributed by atoms with Gasteiger partial charge in [0.2, 0.25) is 5.91 Å². The number of carbonyl (C=O) groups is 1. The number of sulfone groups is 1. The fourth-order valence-corrected chi connectivity index (χ4v) is 6.76. The molecule has 2 atom stereocenters. The summed E-state index contributed by atoms with van der Waals surface area (Å²) in [5.74, 6) is 0.0540. The molecule has 0 saturated carbocycles. The summed E-state index contributed by atoms with van der Waals surface area (Å²) in [6.07, 6.45) is 3.39. The number of methoxy groups -OCH3 is 1. The van der Waals surface area contributed by atoms with Crippen molar-refractivity contribution >= 4 is 27.3 Å². The number of benzene rings is 2. The van der Waals surface area contributed by atoms with Crippen LogP contribution in [0.15, 0.2) is 47.4 Å². The molecule has 3 rings (SSSR count). The van der Waals surface area contributed by atoms with Crippen molar-refractivity contribution in [2.24, 2.45) is 0 Å². The number of fused-ring (bicyclic) bond motifs is 1. The van der Waals surface area contributed by atoms with Crippen molar-refractivity contribution in [3.05, 3.63) is 59.2 Å². The first kappa shape index (κ1) is 25.5. The monoisotopic (exact) mass is 492 g/mol. The lowest BCUT2D eigenvalue weighted by Gasteiger charge is -2.36. The van der Waals surface area contributed by atoms with Crippen LogP contribution < -0.4 is 15.4 Å². The average molecular weight is 493 g/mol. The second kappa shape index (κ2) is 10.9. The summed E-state index contributed by atoms with van der Waals surface area (Å²) in [5, 5.41) is 6.46. The van der Waals surface area contributed by atoms with Crippen LogP contribution in [0, 0.1) is 0 Å². The molecule has 6 nitrogen and oxygen atoms in total. The van der Waals surface area contributed by atoms with E-state index < -0.39 is 15.4 Å². The number of nitrogens with one attached hydrogen (secondary N) is 2. The van der Waals surface area contributed by atoms with E-state index in [1.807, 2.05) is 37.3 Å². The molecule has 0 bridgehead atoms. The Morgan fingerprint density at radius 3 is 2.58 bits per heavy atom. The molecule has 1 amide bonds. The van der Waals surface area contributed by atoms with E-state index in [0.29, 0.717) is 23.3 Å². The molecular formula is C25H33ClN2O4S. The van der Waals surface area contributed by atoms with Crippen molar-refractivity contribution < 1.29 is 17.9 Å². The van der Waals surface area contributed by atoms with Crippen molar-refractivity contribution in [2.45, 2.75) is 62.6 Å². The van der Waals surface area contributed by atoms with Crippen LogP contribution in [-0.4, -0.2) is 38.6 Å². The van der Waals surface area contributed by atoms with Crippen LogP contribution in [0.1, 0.15) is 62.3 Å². The lowest BCUT2D eigenvalue weighted by atomic mass is 9.88. The molecule has 2 aromatic rings. The van der Waals surface area contributed by atoms with Crippen molar-refractivity contribution in [3.8, 4) is 5.75 Å². The molecule has 0 spiro atoms. The summed E-state index contributed by atoms with van der Waals surface area (Å²) in [6.45, 7) is 4.30. The van der Waals surface area contributed by atoms with Gasteiger partial charge in [0.05, 0.1) is 23.8 Å². The van der Waals surface area contributed by atoms with Gasteiger partial charge in [-0.1, -0.05) is 57.0 Å². The van der Waals surface area contributed by atoms with Crippen LogP contribution in [-0.2, 0) is 21.2 Å². The van der Waals surface area contributed by atoms with Gasteiger partial charge in [0, 0.05) is 17.6 Å². The van der Waals surface area contributed by atoms with Gasteiger partial charge in [0.15, 0.2) is 9.84 Å². The Hall–Kier alpha value is -2.09. The lowest BCUT2D eigenvalue weighted by Crippen LogP contribution is -2.50. The second-order valence-electron chi connectivity index (χ2n) is 8.60. The molecule has 2 N–H and O–H groups in total. The third-order valence-corrected chi connectivity index (χ3v) is 8.59. The highest BCUT2D eigenvalue weighted by atomic mass is 35.5. The first-order valence-electron chi connectivity index (χ1n) is 11.4. The normalized spacial score (nSPS) is 21.6. The van der Waals surface area contributed by atoms with E-state index in [1.165, 1.54) is 0 Å². The molecule has 1 heterocycles. The molecule has 0 aromatic heterocycles. The maximum Gasteiger partial charge on any atom is 0.235 e. The summed E-state index contributed by atoms with van der Waals surface area (Å²) in [7, 11) is -2.07.